The minimum atomic E-state index is 0.533. The van der Waals surface area contributed by atoms with Crippen LogP contribution in [-0.2, 0) is 6.54 Å². The van der Waals surface area contributed by atoms with Crippen molar-refractivity contribution in [3.05, 3.63) is 63.6 Å². The summed E-state index contributed by atoms with van der Waals surface area (Å²) in [6.07, 6.45) is 0. The number of rotatable bonds is 4. The number of anilines is 1. The lowest BCUT2D eigenvalue weighted by molar-refractivity contribution is 0.865. The summed E-state index contributed by atoms with van der Waals surface area (Å²) in [7, 11) is 0. The zero-order chi connectivity index (χ0) is 13.8. The second kappa shape index (κ2) is 6.25. The van der Waals surface area contributed by atoms with E-state index in [4.69, 9.17) is 0 Å². The first kappa shape index (κ1) is 14.1. The summed E-state index contributed by atoms with van der Waals surface area (Å²) in [5, 5.41) is 3.54. The molecule has 1 N–H and O–H groups in total. The van der Waals surface area contributed by atoms with Gasteiger partial charge in [-0.25, -0.2) is 0 Å². The van der Waals surface area contributed by atoms with Gasteiger partial charge in [-0.3, -0.25) is 0 Å². The van der Waals surface area contributed by atoms with E-state index in [1.165, 1.54) is 26.9 Å². The molecule has 100 valence electrons. The summed E-state index contributed by atoms with van der Waals surface area (Å²) in [5.41, 5.74) is 5.15. The zero-order valence-corrected chi connectivity index (χ0v) is 13.3. The maximum Gasteiger partial charge on any atom is 0.0412 e. The van der Waals surface area contributed by atoms with Crippen molar-refractivity contribution in [2.45, 2.75) is 33.2 Å². The highest BCUT2D eigenvalue weighted by Gasteiger charge is 2.06. The van der Waals surface area contributed by atoms with Gasteiger partial charge in [-0.05, 0) is 41.7 Å². The molecule has 2 aromatic carbocycles. The molecule has 0 fully saturated rings. The summed E-state index contributed by atoms with van der Waals surface area (Å²) in [4.78, 5) is 0. The summed E-state index contributed by atoms with van der Waals surface area (Å²) in [5.74, 6) is 0.533. The molecule has 0 bridgehead atoms. The van der Waals surface area contributed by atoms with Gasteiger partial charge in [0.05, 0.1) is 0 Å². The molecule has 0 aliphatic heterocycles. The van der Waals surface area contributed by atoms with Gasteiger partial charge in [0.25, 0.3) is 0 Å². The highest BCUT2D eigenvalue weighted by atomic mass is 79.9. The second-order valence-electron chi connectivity index (χ2n) is 5.19. The summed E-state index contributed by atoms with van der Waals surface area (Å²) in [6.45, 7) is 7.39. The Morgan fingerprint density at radius 3 is 2.53 bits per heavy atom. The van der Waals surface area contributed by atoms with Gasteiger partial charge in [0.15, 0.2) is 0 Å². The van der Waals surface area contributed by atoms with Crippen molar-refractivity contribution in [3.8, 4) is 0 Å². The fourth-order valence-electron chi connectivity index (χ4n) is 2.15. The Balaban J connectivity index is 2.14. The number of halogens is 1. The Kier molecular flexibility index (Phi) is 4.65. The minimum Gasteiger partial charge on any atom is -0.381 e. The van der Waals surface area contributed by atoms with Crippen LogP contribution >= 0.6 is 15.9 Å². The van der Waals surface area contributed by atoms with Crippen LogP contribution in [0.4, 0.5) is 5.69 Å². The summed E-state index contributed by atoms with van der Waals surface area (Å²) >= 11 is 3.63. The zero-order valence-electron chi connectivity index (χ0n) is 11.7. The summed E-state index contributed by atoms with van der Waals surface area (Å²) in [6, 6.07) is 15.0. The third-order valence-electron chi connectivity index (χ3n) is 3.26. The van der Waals surface area contributed by atoms with Crippen molar-refractivity contribution < 1.29 is 0 Å². The number of nitrogens with one attached hydrogen (secondary N) is 1. The van der Waals surface area contributed by atoms with Crippen molar-refractivity contribution >= 4 is 21.6 Å². The van der Waals surface area contributed by atoms with Gasteiger partial charge in [-0.15, -0.1) is 0 Å². The van der Waals surface area contributed by atoms with Crippen LogP contribution < -0.4 is 5.32 Å². The van der Waals surface area contributed by atoms with Gasteiger partial charge in [0, 0.05) is 16.7 Å². The minimum absolute atomic E-state index is 0.533. The van der Waals surface area contributed by atoms with Crippen LogP contribution in [0.1, 0.15) is 36.5 Å². The highest BCUT2D eigenvalue weighted by Crippen LogP contribution is 2.25. The first-order chi connectivity index (χ1) is 9.08. The molecule has 19 heavy (non-hydrogen) atoms. The van der Waals surface area contributed by atoms with Crippen molar-refractivity contribution in [2.75, 3.05) is 5.32 Å². The third kappa shape index (κ3) is 3.60. The first-order valence-electron chi connectivity index (χ1n) is 6.65. The molecule has 0 unspecified atom stereocenters. The van der Waals surface area contributed by atoms with Crippen LogP contribution in [0, 0.1) is 6.92 Å². The third-order valence-corrected chi connectivity index (χ3v) is 4.00. The normalized spacial score (nSPS) is 10.8. The average molecular weight is 318 g/mol. The van der Waals surface area contributed by atoms with Crippen molar-refractivity contribution in [1.82, 2.24) is 0 Å². The van der Waals surface area contributed by atoms with E-state index in [9.17, 15) is 0 Å². The lowest BCUT2D eigenvalue weighted by atomic mass is 10.0. The number of hydrogen-bond acceptors (Lipinski definition) is 1. The molecular weight excluding hydrogens is 298 g/mol. The van der Waals surface area contributed by atoms with Crippen LogP contribution in [0.2, 0.25) is 0 Å². The summed E-state index contributed by atoms with van der Waals surface area (Å²) < 4.78 is 1.17. The predicted molar refractivity (Wildman–Crippen MR) is 86.7 cm³/mol. The number of para-hydroxylation sites is 1. The van der Waals surface area contributed by atoms with E-state index in [1.807, 2.05) is 0 Å². The maximum absolute atomic E-state index is 3.63. The Hall–Kier alpha value is -1.28. The van der Waals surface area contributed by atoms with Gasteiger partial charge in [-0.2, -0.15) is 0 Å². The van der Waals surface area contributed by atoms with Crippen LogP contribution in [0.25, 0.3) is 0 Å². The molecular formula is C17H20BrN. The molecule has 0 saturated carbocycles. The van der Waals surface area contributed by atoms with Crippen LogP contribution in [0.3, 0.4) is 0 Å². The fraction of sp³-hybridized carbons (Fsp3) is 0.294. The Morgan fingerprint density at radius 1 is 1.11 bits per heavy atom. The number of benzene rings is 2. The Bertz CT molecular complexity index is 561. The lowest BCUT2D eigenvalue weighted by Gasteiger charge is -2.15. The highest BCUT2D eigenvalue weighted by molar-refractivity contribution is 9.10. The van der Waals surface area contributed by atoms with Crippen LogP contribution in [-0.4, -0.2) is 0 Å². The molecule has 0 aliphatic carbocycles. The molecule has 0 atom stereocenters. The largest absolute Gasteiger partial charge is 0.381 e. The SMILES string of the molecule is Cc1ccc(CNc2ccccc2C(C)C)c(Br)c1. The van der Waals surface area contributed by atoms with Gasteiger partial charge in [0.1, 0.15) is 0 Å². The molecule has 0 aromatic heterocycles. The molecule has 0 heterocycles. The van der Waals surface area contributed by atoms with Gasteiger partial charge in [-0.1, -0.05) is 60.1 Å². The molecule has 0 aliphatic rings. The van der Waals surface area contributed by atoms with Gasteiger partial charge >= 0.3 is 0 Å². The molecule has 2 heteroatoms. The van der Waals surface area contributed by atoms with Gasteiger partial charge < -0.3 is 5.32 Å². The molecule has 2 aromatic rings. The molecule has 0 radical (unpaired) electrons. The predicted octanol–water partition coefficient (Wildman–Crippen LogP) is 5.49. The van der Waals surface area contributed by atoms with Crippen LogP contribution in [0.15, 0.2) is 46.9 Å². The number of hydrogen-bond donors (Lipinski definition) is 1. The van der Waals surface area contributed by atoms with E-state index in [0.717, 1.165) is 6.54 Å². The van der Waals surface area contributed by atoms with Crippen molar-refractivity contribution in [3.63, 3.8) is 0 Å². The lowest BCUT2D eigenvalue weighted by Crippen LogP contribution is -2.04. The van der Waals surface area contributed by atoms with Crippen molar-refractivity contribution in [2.24, 2.45) is 0 Å². The number of aryl methyl sites for hydroxylation is 1. The standard InChI is InChI=1S/C17H20BrN/c1-12(2)15-6-4-5-7-17(15)19-11-14-9-8-13(3)10-16(14)18/h4-10,12,19H,11H2,1-3H3. The fourth-order valence-corrected chi connectivity index (χ4v) is 2.78. The smallest absolute Gasteiger partial charge is 0.0412 e. The topological polar surface area (TPSA) is 12.0 Å². The average Bonchev–Trinajstić information content (AvgIpc) is 2.38. The molecule has 0 saturated heterocycles. The van der Waals surface area contributed by atoms with Gasteiger partial charge in [0.2, 0.25) is 0 Å². The molecule has 0 spiro atoms. The monoisotopic (exact) mass is 317 g/mol. The first-order valence-corrected chi connectivity index (χ1v) is 7.45. The Labute approximate surface area is 124 Å². The van der Waals surface area contributed by atoms with E-state index in [0.29, 0.717) is 5.92 Å². The second-order valence-corrected chi connectivity index (χ2v) is 6.04. The maximum atomic E-state index is 3.63. The quantitative estimate of drug-likeness (QED) is 0.785. The van der Waals surface area contributed by atoms with E-state index in [2.05, 4.69) is 84.5 Å². The van der Waals surface area contributed by atoms with Crippen LogP contribution in [0.5, 0.6) is 0 Å². The molecule has 1 nitrogen and oxygen atoms in total. The van der Waals surface area contributed by atoms with E-state index >= 15 is 0 Å². The Morgan fingerprint density at radius 2 is 1.84 bits per heavy atom. The van der Waals surface area contributed by atoms with E-state index in [1.54, 1.807) is 0 Å². The van der Waals surface area contributed by atoms with E-state index < -0.39 is 0 Å². The van der Waals surface area contributed by atoms with E-state index in [-0.39, 0.29) is 0 Å². The molecule has 2 rings (SSSR count). The molecule has 0 amide bonds. The van der Waals surface area contributed by atoms with Crippen molar-refractivity contribution in [1.29, 1.82) is 0 Å².